The lowest BCUT2D eigenvalue weighted by Crippen LogP contribution is -2.55. The number of aliphatic hydroxyl groups excluding tert-OH is 1. The molecule has 39 heavy (non-hydrogen) atoms. The van der Waals surface area contributed by atoms with Crippen molar-refractivity contribution in [2.24, 2.45) is 5.92 Å². The first-order valence-electron chi connectivity index (χ1n) is 12.8. The Hall–Kier alpha value is -2.89. The van der Waals surface area contributed by atoms with Crippen molar-refractivity contribution in [3.8, 4) is 0 Å². The first-order chi connectivity index (χ1) is 18.5. The van der Waals surface area contributed by atoms with Crippen LogP contribution in [0.15, 0.2) is 51.8 Å². The molecule has 1 aliphatic carbocycles. The van der Waals surface area contributed by atoms with Crippen LogP contribution in [0.25, 0.3) is 5.57 Å². The van der Waals surface area contributed by atoms with Gasteiger partial charge >= 0.3 is 24.0 Å². The van der Waals surface area contributed by atoms with Crippen LogP contribution in [0, 0.1) is 11.7 Å². The predicted molar refractivity (Wildman–Crippen MR) is 132 cm³/mol. The van der Waals surface area contributed by atoms with Crippen LogP contribution in [-0.2, 0) is 25.2 Å². The Kier molecular flexibility index (Phi) is 6.51. The third kappa shape index (κ3) is 4.85. The number of carbonyl (C=O) groups is 2. The summed E-state index contributed by atoms with van der Waals surface area (Å²) in [6.07, 6.45) is -1.64. The molecule has 6 nitrogen and oxygen atoms in total. The van der Waals surface area contributed by atoms with Crippen molar-refractivity contribution in [2.75, 3.05) is 13.1 Å². The summed E-state index contributed by atoms with van der Waals surface area (Å²) >= 11 is 1.19. The normalized spacial score (nSPS) is 26.7. The molecule has 2 atom stereocenters. The van der Waals surface area contributed by atoms with Gasteiger partial charge in [-0.15, -0.1) is 0 Å². The molecule has 1 saturated carbocycles. The minimum Gasteiger partial charge on any atom is -0.399 e. The van der Waals surface area contributed by atoms with Gasteiger partial charge in [-0.25, -0.2) is 18.9 Å². The van der Waals surface area contributed by atoms with Gasteiger partial charge in [0.15, 0.2) is 0 Å². The first kappa shape index (κ1) is 26.3. The van der Waals surface area contributed by atoms with E-state index >= 15 is 0 Å². The van der Waals surface area contributed by atoms with Crippen LogP contribution < -0.4 is 0 Å². The van der Waals surface area contributed by atoms with E-state index < -0.39 is 41.5 Å². The molecule has 1 spiro atoms. The molecular formula is C28H25F4NO5S. The summed E-state index contributed by atoms with van der Waals surface area (Å²) in [7, 11) is 0. The fourth-order valence-electron chi connectivity index (χ4n) is 6.11. The summed E-state index contributed by atoms with van der Waals surface area (Å²) in [6, 6.07) is 7.61. The maximum atomic E-state index is 14.2. The number of esters is 2. The van der Waals surface area contributed by atoms with Gasteiger partial charge in [-0.1, -0.05) is 29.8 Å². The van der Waals surface area contributed by atoms with E-state index in [0.29, 0.717) is 58.0 Å². The lowest BCUT2D eigenvalue weighted by atomic mass is 9.84. The van der Waals surface area contributed by atoms with Crippen molar-refractivity contribution in [2.45, 2.75) is 66.5 Å². The lowest BCUT2D eigenvalue weighted by molar-refractivity contribution is -0.259. The lowest BCUT2D eigenvalue weighted by Gasteiger charge is -2.44. The van der Waals surface area contributed by atoms with Crippen molar-refractivity contribution < 1.29 is 41.7 Å². The Labute approximate surface area is 226 Å². The van der Waals surface area contributed by atoms with Crippen molar-refractivity contribution in [3.05, 3.63) is 64.5 Å². The van der Waals surface area contributed by atoms with Gasteiger partial charge in [0.1, 0.15) is 5.82 Å². The fourth-order valence-corrected chi connectivity index (χ4v) is 7.21. The second-order valence-electron chi connectivity index (χ2n) is 10.5. The number of likely N-dealkylation sites (tertiary alicyclic amines) is 1. The number of carbonyl (C=O) groups excluding carboxylic acids is 2. The highest BCUT2D eigenvalue weighted by molar-refractivity contribution is 7.99. The molecule has 3 fully saturated rings. The van der Waals surface area contributed by atoms with Crippen molar-refractivity contribution in [1.29, 1.82) is 0 Å². The van der Waals surface area contributed by atoms with E-state index in [1.54, 1.807) is 11.0 Å². The number of ether oxygens (including phenoxy) is 2. The molecule has 11 heteroatoms. The molecule has 0 aromatic heterocycles. The second kappa shape index (κ2) is 9.64. The molecule has 206 valence electrons. The van der Waals surface area contributed by atoms with Crippen LogP contribution in [0.4, 0.5) is 17.6 Å². The van der Waals surface area contributed by atoms with Gasteiger partial charge in [0.25, 0.3) is 0 Å². The SMILES string of the molecule is O=C1OC2(C/C(=C3\c4ccc(F)cc4Sc4ccc(C(F)(F)F)cc43)CCN2CC2CCCC(O)C2)OC1=O. The van der Waals surface area contributed by atoms with Gasteiger partial charge in [-0.2, -0.15) is 13.2 Å². The molecular weight excluding hydrogens is 538 g/mol. The zero-order valence-electron chi connectivity index (χ0n) is 20.7. The van der Waals surface area contributed by atoms with Crippen LogP contribution in [0.5, 0.6) is 0 Å². The van der Waals surface area contributed by atoms with Crippen LogP contribution in [-0.4, -0.2) is 47.0 Å². The molecule has 2 unspecified atom stereocenters. The van der Waals surface area contributed by atoms with Crippen molar-refractivity contribution in [3.63, 3.8) is 0 Å². The fraction of sp³-hybridized carbons (Fsp3) is 0.429. The molecule has 3 aliphatic heterocycles. The minimum absolute atomic E-state index is 0.0632. The molecule has 0 amide bonds. The molecule has 3 heterocycles. The molecule has 1 N–H and O–H groups in total. The Morgan fingerprint density at radius 2 is 1.79 bits per heavy atom. The van der Waals surface area contributed by atoms with E-state index in [9.17, 15) is 32.3 Å². The predicted octanol–water partition coefficient (Wildman–Crippen LogP) is 5.51. The summed E-state index contributed by atoms with van der Waals surface area (Å²) in [5, 5.41) is 10.1. The molecule has 2 aromatic rings. The third-order valence-corrected chi connectivity index (χ3v) is 9.00. The second-order valence-corrected chi connectivity index (χ2v) is 11.6. The van der Waals surface area contributed by atoms with Gasteiger partial charge in [0.05, 0.1) is 18.1 Å². The van der Waals surface area contributed by atoms with E-state index in [-0.39, 0.29) is 12.3 Å². The van der Waals surface area contributed by atoms with Crippen LogP contribution in [0.1, 0.15) is 55.2 Å². The number of nitrogens with zero attached hydrogens (tertiary/aromatic N) is 1. The summed E-state index contributed by atoms with van der Waals surface area (Å²) < 4.78 is 66.3. The van der Waals surface area contributed by atoms with Crippen LogP contribution in [0.2, 0.25) is 0 Å². The summed E-state index contributed by atoms with van der Waals surface area (Å²) in [5.74, 6) is -4.36. The molecule has 0 bridgehead atoms. The highest BCUT2D eigenvalue weighted by Crippen LogP contribution is 2.51. The zero-order valence-corrected chi connectivity index (χ0v) is 21.5. The molecule has 2 aromatic carbocycles. The van der Waals surface area contributed by atoms with Crippen LogP contribution >= 0.6 is 11.8 Å². The number of rotatable bonds is 2. The highest BCUT2D eigenvalue weighted by atomic mass is 32.2. The van der Waals surface area contributed by atoms with Gasteiger partial charge in [0.2, 0.25) is 0 Å². The number of benzene rings is 2. The molecule has 6 rings (SSSR count). The molecule has 4 aliphatic rings. The quantitative estimate of drug-likeness (QED) is 0.250. The number of aliphatic hydroxyl groups is 1. The molecule has 2 saturated heterocycles. The maximum absolute atomic E-state index is 14.2. The van der Waals surface area contributed by atoms with Gasteiger partial charge in [-0.05, 0) is 78.6 Å². The van der Waals surface area contributed by atoms with E-state index in [2.05, 4.69) is 0 Å². The summed E-state index contributed by atoms with van der Waals surface area (Å²) in [4.78, 5) is 27.4. The Morgan fingerprint density at radius 3 is 2.51 bits per heavy atom. The largest absolute Gasteiger partial charge is 0.421 e. The Balaban J connectivity index is 1.45. The summed E-state index contributed by atoms with van der Waals surface area (Å²) in [6.45, 7) is 0.733. The molecule has 0 radical (unpaired) electrons. The van der Waals surface area contributed by atoms with Crippen molar-refractivity contribution in [1.82, 2.24) is 4.90 Å². The van der Waals surface area contributed by atoms with Crippen molar-refractivity contribution >= 4 is 29.3 Å². The van der Waals surface area contributed by atoms with Gasteiger partial charge in [0, 0.05) is 22.9 Å². The van der Waals surface area contributed by atoms with E-state index in [1.165, 1.54) is 30.0 Å². The number of fused-ring (bicyclic) bond motifs is 2. The zero-order chi connectivity index (χ0) is 27.5. The maximum Gasteiger partial charge on any atom is 0.421 e. The average molecular weight is 564 g/mol. The Morgan fingerprint density at radius 1 is 1.03 bits per heavy atom. The first-order valence-corrected chi connectivity index (χ1v) is 13.6. The topological polar surface area (TPSA) is 76.1 Å². The van der Waals surface area contributed by atoms with Crippen LogP contribution in [0.3, 0.4) is 0 Å². The summed E-state index contributed by atoms with van der Waals surface area (Å²) in [5.41, 5.74) is 1.24. The highest BCUT2D eigenvalue weighted by Gasteiger charge is 2.56. The van der Waals surface area contributed by atoms with Gasteiger partial charge in [-0.3, -0.25) is 0 Å². The minimum atomic E-state index is -4.57. The van der Waals surface area contributed by atoms with E-state index in [4.69, 9.17) is 9.47 Å². The number of hydrogen-bond donors (Lipinski definition) is 1. The third-order valence-electron chi connectivity index (χ3n) is 7.87. The van der Waals surface area contributed by atoms with Gasteiger partial charge < -0.3 is 14.6 Å². The smallest absolute Gasteiger partial charge is 0.399 e. The number of hydrogen-bond acceptors (Lipinski definition) is 7. The Bertz CT molecular complexity index is 1370. The van der Waals surface area contributed by atoms with E-state index in [0.717, 1.165) is 31.4 Å². The average Bonchev–Trinajstić information content (AvgIpc) is 3.16. The standard InChI is InChI=1S/C28H25F4NO5S/c29-18-5-6-20-23(12-18)39-22-7-4-17(28(30,31)32)11-21(22)24(20)16-8-9-33(14-15-2-1-3-19(34)10-15)27(13-16)37-25(35)26(36)38-27/h4-7,11-12,15,19,34H,1-3,8-10,13-14H2/b24-16+. The van der Waals surface area contributed by atoms with E-state index in [1.807, 2.05) is 0 Å². The number of halogens is 4. The number of alkyl halides is 3. The number of piperidine rings is 1. The monoisotopic (exact) mass is 563 g/mol.